The Morgan fingerprint density at radius 3 is 2.41 bits per heavy atom. The first-order chi connectivity index (χ1) is 8.09. The SMILES string of the molecule is CCC(CO)(CO)Nc1cc(N)cc(OC)c1. The number of aliphatic hydroxyl groups excluding tert-OH is 2. The molecule has 0 aromatic heterocycles. The maximum Gasteiger partial charge on any atom is 0.122 e. The van der Waals surface area contributed by atoms with E-state index >= 15 is 0 Å². The van der Waals surface area contributed by atoms with Gasteiger partial charge in [-0.25, -0.2) is 0 Å². The third-order valence-electron chi connectivity index (χ3n) is 2.86. The molecule has 0 saturated heterocycles. The second-order valence-corrected chi connectivity index (χ2v) is 4.07. The zero-order chi connectivity index (χ0) is 12.9. The lowest BCUT2D eigenvalue weighted by molar-refractivity contribution is 0.132. The first kappa shape index (κ1) is 13.6. The Labute approximate surface area is 101 Å². The van der Waals surface area contributed by atoms with E-state index in [2.05, 4.69) is 5.32 Å². The highest BCUT2D eigenvalue weighted by atomic mass is 16.5. The molecular formula is C12H20N2O3. The van der Waals surface area contributed by atoms with Gasteiger partial charge in [0.25, 0.3) is 0 Å². The molecule has 0 aliphatic carbocycles. The molecular weight excluding hydrogens is 220 g/mol. The van der Waals surface area contributed by atoms with Crippen molar-refractivity contribution in [2.24, 2.45) is 0 Å². The highest BCUT2D eigenvalue weighted by Gasteiger charge is 2.26. The van der Waals surface area contributed by atoms with E-state index in [0.717, 1.165) is 0 Å². The van der Waals surface area contributed by atoms with E-state index < -0.39 is 5.54 Å². The van der Waals surface area contributed by atoms with E-state index in [1.54, 1.807) is 25.3 Å². The third kappa shape index (κ3) is 3.25. The number of aliphatic hydroxyl groups is 2. The van der Waals surface area contributed by atoms with Crippen LogP contribution >= 0.6 is 0 Å². The smallest absolute Gasteiger partial charge is 0.122 e. The lowest BCUT2D eigenvalue weighted by Crippen LogP contribution is -2.45. The predicted octanol–water partition coefficient (Wildman–Crippen LogP) is 0.823. The molecule has 5 heteroatoms. The molecule has 1 aromatic rings. The molecule has 0 aliphatic heterocycles. The Kier molecular flexibility index (Phi) is 4.60. The van der Waals surface area contributed by atoms with E-state index in [9.17, 15) is 10.2 Å². The van der Waals surface area contributed by atoms with Gasteiger partial charge in [0.15, 0.2) is 0 Å². The number of nitrogens with two attached hydrogens (primary N) is 1. The van der Waals surface area contributed by atoms with Gasteiger partial charge in [0.2, 0.25) is 0 Å². The zero-order valence-electron chi connectivity index (χ0n) is 10.2. The van der Waals surface area contributed by atoms with E-state index in [0.29, 0.717) is 23.5 Å². The minimum absolute atomic E-state index is 0.156. The number of methoxy groups -OCH3 is 1. The van der Waals surface area contributed by atoms with Gasteiger partial charge in [-0.1, -0.05) is 6.92 Å². The summed E-state index contributed by atoms with van der Waals surface area (Å²) in [4.78, 5) is 0. The summed E-state index contributed by atoms with van der Waals surface area (Å²) >= 11 is 0. The van der Waals surface area contributed by atoms with Crippen LogP contribution in [0.15, 0.2) is 18.2 Å². The Morgan fingerprint density at radius 1 is 1.29 bits per heavy atom. The van der Waals surface area contributed by atoms with Gasteiger partial charge in [-0.05, 0) is 12.5 Å². The molecule has 1 rings (SSSR count). The van der Waals surface area contributed by atoms with Crippen LogP contribution in [0.5, 0.6) is 5.75 Å². The number of hydrogen-bond acceptors (Lipinski definition) is 5. The lowest BCUT2D eigenvalue weighted by atomic mass is 9.98. The summed E-state index contributed by atoms with van der Waals surface area (Å²) in [5.74, 6) is 0.633. The molecule has 1 aromatic carbocycles. The molecule has 0 spiro atoms. The number of anilines is 2. The number of nitrogen functional groups attached to an aromatic ring is 1. The average molecular weight is 240 g/mol. The van der Waals surface area contributed by atoms with Crippen molar-refractivity contribution in [2.45, 2.75) is 18.9 Å². The summed E-state index contributed by atoms with van der Waals surface area (Å²) in [5.41, 5.74) is 6.27. The summed E-state index contributed by atoms with van der Waals surface area (Å²) in [6, 6.07) is 5.21. The van der Waals surface area contributed by atoms with Crippen molar-refractivity contribution in [3.63, 3.8) is 0 Å². The normalized spacial score (nSPS) is 11.3. The van der Waals surface area contributed by atoms with Crippen molar-refractivity contribution in [3.05, 3.63) is 18.2 Å². The van der Waals surface area contributed by atoms with Gasteiger partial charge in [-0.2, -0.15) is 0 Å². The van der Waals surface area contributed by atoms with Crippen LogP contribution in [-0.2, 0) is 0 Å². The summed E-state index contributed by atoms with van der Waals surface area (Å²) in [5, 5.41) is 21.8. The highest BCUT2D eigenvalue weighted by molar-refractivity contribution is 5.60. The average Bonchev–Trinajstić information content (AvgIpc) is 2.35. The Morgan fingerprint density at radius 2 is 1.94 bits per heavy atom. The number of benzene rings is 1. The van der Waals surface area contributed by atoms with E-state index in [-0.39, 0.29) is 13.2 Å². The van der Waals surface area contributed by atoms with Crippen molar-refractivity contribution in [2.75, 3.05) is 31.4 Å². The predicted molar refractivity (Wildman–Crippen MR) is 68.2 cm³/mol. The Hall–Kier alpha value is -1.46. The van der Waals surface area contributed by atoms with Crippen LogP contribution in [0, 0.1) is 0 Å². The number of rotatable bonds is 6. The molecule has 0 heterocycles. The van der Waals surface area contributed by atoms with Gasteiger partial charge < -0.3 is 26.0 Å². The van der Waals surface area contributed by atoms with Gasteiger partial charge in [0, 0.05) is 23.5 Å². The van der Waals surface area contributed by atoms with Gasteiger partial charge in [0.05, 0.1) is 25.9 Å². The summed E-state index contributed by atoms with van der Waals surface area (Å²) in [7, 11) is 1.56. The van der Waals surface area contributed by atoms with Crippen LogP contribution in [0.3, 0.4) is 0 Å². The highest BCUT2D eigenvalue weighted by Crippen LogP contribution is 2.25. The van der Waals surface area contributed by atoms with Gasteiger partial charge in [0.1, 0.15) is 5.75 Å². The number of hydrogen-bond donors (Lipinski definition) is 4. The Bertz CT molecular complexity index is 357. The Balaban J connectivity index is 2.96. The zero-order valence-corrected chi connectivity index (χ0v) is 10.2. The molecule has 0 fully saturated rings. The molecule has 0 bridgehead atoms. The van der Waals surface area contributed by atoms with Crippen molar-refractivity contribution in [3.8, 4) is 5.75 Å². The van der Waals surface area contributed by atoms with E-state index in [4.69, 9.17) is 10.5 Å². The molecule has 0 radical (unpaired) electrons. The molecule has 17 heavy (non-hydrogen) atoms. The molecule has 5 nitrogen and oxygen atoms in total. The fourth-order valence-corrected chi connectivity index (χ4v) is 1.56. The topological polar surface area (TPSA) is 87.7 Å². The number of nitrogens with one attached hydrogen (secondary N) is 1. The monoisotopic (exact) mass is 240 g/mol. The van der Waals surface area contributed by atoms with E-state index in [1.165, 1.54) is 0 Å². The summed E-state index contributed by atoms with van der Waals surface area (Å²) < 4.78 is 5.11. The molecule has 0 amide bonds. The minimum Gasteiger partial charge on any atom is -0.497 e. The van der Waals surface area contributed by atoms with Crippen LogP contribution in [-0.4, -0.2) is 36.1 Å². The van der Waals surface area contributed by atoms with Crippen molar-refractivity contribution in [1.29, 1.82) is 0 Å². The molecule has 0 unspecified atom stereocenters. The van der Waals surface area contributed by atoms with Crippen molar-refractivity contribution < 1.29 is 14.9 Å². The first-order valence-corrected chi connectivity index (χ1v) is 5.53. The second-order valence-electron chi connectivity index (χ2n) is 4.07. The van der Waals surface area contributed by atoms with Crippen LogP contribution in [0.2, 0.25) is 0 Å². The van der Waals surface area contributed by atoms with Gasteiger partial charge >= 0.3 is 0 Å². The van der Waals surface area contributed by atoms with Crippen LogP contribution in [0.1, 0.15) is 13.3 Å². The van der Waals surface area contributed by atoms with Gasteiger partial charge in [-0.15, -0.1) is 0 Å². The van der Waals surface area contributed by atoms with Crippen molar-refractivity contribution in [1.82, 2.24) is 0 Å². The fourth-order valence-electron chi connectivity index (χ4n) is 1.56. The molecule has 0 saturated carbocycles. The fraction of sp³-hybridized carbons (Fsp3) is 0.500. The molecule has 0 atom stereocenters. The molecule has 96 valence electrons. The molecule has 5 N–H and O–H groups in total. The third-order valence-corrected chi connectivity index (χ3v) is 2.86. The van der Waals surface area contributed by atoms with Crippen LogP contribution in [0.4, 0.5) is 11.4 Å². The lowest BCUT2D eigenvalue weighted by Gasteiger charge is -2.31. The van der Waals surface area contributed by atoms with E-state index in [1.807, 2.05) is 6.92 Å². The summed E-state index contributed by atoms with van der Waals surface area (Å²) in [6.45, 7) is 1.58. The quantitative estimate of drug-likeness (QED) is 0.553. The first-order valence-electron chi connectivity index (χ1n) is 5.53. The standard InChI is InChI=1S/C12H20N2O3/c1-3-12(7-15,8-16)14-10-4-9(13)5-11(6-10)17-2/h4-6,14-16H,3,7-8,13H2,1-2H3. The largest absolute Gasteiger partial charge is 0.497 e. The van der Waals surface area contributed by atoms with Crippen LogP contribution in [0.25, 0.3) is 0 Å². The molecule has 0 aliphatic rings. The minimum atomic E-state index is -0.737. The van der Waals surface area contributed by atoms with Crippen LogP contribution < -0.4 is 15.8 Å². The van der Waals surface area contributed by atoms with Crippen molar-refractivity contribution >= 4 is 11.4 Å². The maximum absolute atomic E-state index is 9.35. The summed E-state index contributed by atoms with van der Waals surface area (Å²) in [6.07, 6.45) is 0.594. The number of ether oxygens (including phenoxy) is 1. The second kappa shape index (κ2) is 5.75. The maximum atomic E-state index is 9.35. The van der Waals surface area contributed by atoms with Gasteiger partial charge in [-0.3, -0.25) is 0 Å².